The Labute approximate surface area is 103 Å². The number of hydrogen-bond donors (Lipinski definition) is 1. The third-order valence-electron chi connectivity index (χ3n) is 5.72. The standard InChI is InChI=1S/C14H22N2O/c17-13(12-7-14(12)5-1-2-6-14)16-9-10-3-4-11(16)8-15-10/h10-12,15H,1-9H2. The fourth-order valence-corrected chi connectivity index (χ4v) is 4.51. The molecule has 2 aliphatic carbocycles. The summed E-state index contributed by atoms with van der Waals surface area (Å²) < 4.78 is 0. The fourth-order valence-electron chi connectivity index (χ4n) is 4.51. The van der Waals surface area contributed by atoms with Crippen LogP contribution >= 0.6 is 0 Å². The van der Waals surface area contributed by atoms with Crippen LogP contribution in [-0.2, 0) is 4.79 Å². The molecule has 5 fully saturated rings. The van der Waals surface area contributed by atoms with E-state index in [4.69, 9.17) is 0 Å². The molecule has 3 heterocycles. The number of piperazine rings is 1. The molecule has 5 aliphatic rings. The van der Waals surface area contributed by atoms with Gasteiger partial charge in [0.15, 0.2) is 0 Å². The number of carbonyl (C=O) groups excluding carboxylic acids is 1. The number of nitrogens with zero attached hydrogens (tertiary/aromatic N) is 1. The average molecular weight is 234 g/mol. The van der Waals surface area contributed by atoms with E-state index in [0.29, 0.717) is 29.3 Å². The summed E-state index contributed by atoms with van der Waals surface area (Å²) in [5.41, 5.74) is 0.473. The first-order chi connectivity index (χ1) is 8.28. The van der Waals surface area contributed by atoms with Gasteiger partial charge in [-0.3, -0.25) is 4.79 Å². The zero-order chi connectivity index (χ0) is 11.5. The first kappa shape index (κ1) is 10.4. The topological polar surface area (TPSA) is 32.3 Å². The van der Waals surface area contributed by atoms with Crippen LogP contribution in [0.3, 0.4) is 0 Å². The molecule has 3 saturated heterocycles. The quantitative estimate of drug-likeness (QED) is 0.746. The van der Waals surface area contributed by atoms with E-state index >= 15 is 0 Å². The van der Waals surface area contributed by atoms with Crippen molar-refractivity contribution in [3.8, 4) is 0 Å². The highest BCUT2D eigenvalue weighted by Gasteiger charge is 2.60. The molecule has 0 aromatic rings. The Morgan fingerprint density at radius 1 is 1.24 bits per heavy atom. The first-order valence-electron chi connectivity index (χ1n) is 7.32. The van der Waals surface area contributed by atoms with Gasteiger partial charge < -0.3 is 10.2 Å². The van der Waals surface area contributed by atoms with Crippen LogP contribution in [0.1, 0.15) is 44.9 Å². The van der Waals surface area contributed by atoms with Crippen molar-refractivity contribution >= 4 is 5.91 Å². The lowest BCUT2D eigenvalue weighted by molar-refractivity contribution is -0.139. The smallest absolute Gasteiger partial charge is 0.226 e. The predicted octanol–water partition coefficient (Wildman–Crippen LogP) is 1.53. The van der Waals surface area contributed by atoms with Crippen LogP contribution < -0.4 is 5.32 Å². The van der Waals surface area contributed by atoms with Crippen molar-refractivity contribution < 1.29 is 4.79 Å². The van der Waals surface area contributed by atoms with Crippen molar-refractivity contribution in [2.24, 2.45) is 11.3 Å². The molecule has 94 valence electrons. The molecule has 5 rings (SSSR count). The number of carbonyl (C=O) groups is 1. The van der Waals surface area contributed by atoms with Gasteiger partial charge >= 0.3 is 0 Å². The van der Waals surface area contributed by atoms with Crippen molar-refractivity contribution in [2.75, 3.05) is 13.1 Å². The van der Waals surface area contributed by atoms with Crippen LogP contribution in [0.15, 0.2) is 0 Å². The van der Waals surface area contributed by atoms with E-state index in [2.05, 4.69) is 10.2 Å². The van der Waals surface area contributed by atoms with Gasteiger partial charge in [0.2, 0.25) is 5.91 Å². The summed E-state index contributed by atoms with van der Waals surface area (Å²) in [5.74, 6) is 0.910. The summed E-state index contributed by atoms with van der Waals surface area (Å²) >= 11 is 0. The van der Waals surface area contributed by atoms with E-state index in [1.54, 1.807) is 0 Å². The molecule has 2 saturated carbocycles. The van der Waals surface area contributed by atoms with Gasteiger partial charge in [-0.25, -0.2) is 0 Å². The van der Waals surface area contributed by atoms with Crippen LogP contribution in [0.4, 0.5) is 0 Å². The number of nitrogens with one attached hydrogen (secondary N) is 1. The van der Waals surface area contributed by atoms with E-state index in [9.17, 15) is 4.79 Å². The Hall–Kier alpha value is -0.570. The third kappa shape index (κ3) is 1.48. The number of fused-ring (bicyclic) bond motifs is 3. The Balaban J connectivity index is 1.47. The lowest BCUT2D eigenvalue weighted by atomic mass is 9.92. The molecule has 1 amide bonds. The van der Waals surface area contributed by atoms with E-state index in [1.165, 1.54) is 44.9 Å². The number of rotatable bonds is 1. The lowest BCUT2D eigenvalue weighted by Crippen LogP contribution is -2.62. The molecule has 3 atom stereocenters. The first-order valence-corrected chi connectivity index (χ1v) is 7.32. The van der Waals surface area contributed by atoms with E-state index in [-0.39, 0.29) is 0 Å². The maximum Gasteiger partial charge on any atom is 0.226 e. The third-order valence-corrected chi connectivity index (χ3v) is 5.72. The normalized spacial score (nSPS) is 42.1. The van der Waals surface area contributed by atoms with Gasteiger partial charge in [-0.15, -0.1) is 0 Å². The minimum absolute atomic E-state index is 0.407. The zero-order valence-electron chi connectivity index (χ0n) is 10.5. The van der Waals surface area contributed by atoms with Crippen molar-refractivity contribution in [3.05, 3.63) is 0 Å². The van der Waals surface area contributed by atoms with E-state index in [1.807, 2.05) is 0 Å². The summed E-state index contributed by atoms with van der Waals surface area (Å²) in [5, 5.41) is 3.53. The maximum atomic E-state index is 12.6. The van der Waals surface area contributed by atoms with Gasteiger partial charge in [-0.1, -0.05) is 12.8 Å². The van der Waals surface area contributed by atoms with Gasteiger partial charge in [0.1, 0.15) is 0 Å². The highest BCUT2D eigenvalue weighted by Crippen LogP contribution is 2.63. The molecule has 1 spiro atoms. The number of amides is 1. The molecule has 17 heavy (non-hydrogen) atoms. The van der Waals surface area contributed by atoms with Crippen LogP contribution in [0.5, 0.6) is 0 Å². The molecule has 2 bridgehead atoms. The zero-order valence-corrected chi connectivity index (χ0v) is 10.5. The summed E-state index contributed by atoms with van der Waals surface area (Å²) in [4.78, 5) is 14.8. The summed E-state index contributed by atoms with van der Waals surface area (Å²) in [6, 6.07) is 1.09. The molecule has 0 radical (unpaired) electrons. The molecule has 3 heteroatoms. The summed E-state index contributed by atoms with van der Waals surface area (Å²) in [6.07, 6.45) is 9.06. The molecule has 3 unspecified atom stereocenters. The maximum absolute atomic E-state index is 12.6. The van der Waals surface area contributed by atoms with Crippen LogP contribution in [0.25, 0.3) is 0 Å². The fraction of sp³-hybridized carbons (Fsp3) is 0.929. The molecular formula is C14H22N2O. The molecule has 3 aliphatic heterocycles. The van der Waals surface area contributed by atoms with E-state index < -0.39 is 0 Å². The summed E-state index contributed by atoms with van der Waals surface area (Å²) in [7, 11) is 0. The van der Waals surface area contributed by atoms with Gasteiger partial charge in [-0.05, 0) is 37.5 Å². The van der Waals surface area contributed by atoms with Gasteiger partial charge in [0.25, 0.3) is 0 Å². The number of piperidine rings is 2. The van der Waals surface area contributed by atoms with Crippen LogP contribution in [0.2, 0.25) is 0 Å². The molecule has 0 aromatic carbocycles. The minimum atomic E-state index is 0.407. The second kappa shape index (κ2) is 3.47. The van der Waals surface area contributed by atoms with Gasteiger partial charge in [-0.2, -0.15) is 0 Å². The second-order valence-corrected chi connectivity index (χ2v) is 6.65. The molecular weight excluding hydrogens is 212 g/mol. The highest BCUT2D eigenvalue weighted by atomic mass is 16.2. The van der Waals surface area contributed by atoms with Crippen LogP contribution in [-0.4, -0.2) is 36.0 Å². The Morgan fingerprint density at radius 3 is 2.65 bits per heavy atom. The molecule has 1 N–H and O–H groups in total. The van der Waals surface area contributed by atoms with E-state index in [0.717, 1.165) is 13.1 Å². The van der Waals surface area contributed by atoms with Crippen molar-refractivity contribution in [1.29, 1.82) is 0 Å². The Bertz CT molecular complexity index is 340. The predicted molar refractivity (Wildman–Crippen MR) is 65.5 cm³/mol. The lowest BCUT2D eigenvalue weighted by Gasteiger charge is -2.46. The van der Waals surface area contributed by atoms with Crippen LogP contribution in [0, 0.1) is 11.3 Å². The average Bonchev–Trinajstić information content (AvgIpc) is 2.87. The second-order valence-electron chi connectivity index (χ2n) is 6.65. The Morgan fingerprint density at radius 2 is 2.06 bits per heavy atom. The van der Waals surface area contributed by atoms with Crippen molar-refractivity contribution in [1.82, 2.24) is 10.2 Å². The molecule has 3 nitrogen and oxygen atoms in total. The van der Waals surface area contributed by atoms with Gasteiger partial charge in [0, 0.05) is 31.1 Å². The molecule has 0 aromatic heterocycles. The largest absolute Gasteiger partial charge is 0.337 e. The van der Waals surface area contributed by atoms with Crippen molar-refractivity contribution in [2.45, 2.75) is 57.0 Å². The SMILES string of the molecule is O=C(C1CC12CCCC2)N1CC2CCC1CN2. The monoisotopic (exact) mass is 234 g/mol. The number of hydrogen-bond acceptors (Lipinski definition) is 2. The highest BCUT2D eigenvalue weighted by molar-refractivity contribution is 5.83. The van der Waals surface area contributed by atoms with Crippen molar-refractivity contribution in [3.63, 3.8) is 0 Å². The minimum Gasteiger partial charge on any atom is -0.337 e. The summed E-state index contributed by atoms with van der Waals surface area (Å²) in [6.45, 7) is 2.02. The Kier molecular flexibility index (Phi) is 2.11. The van der Waals surface area contributed by atoms with Gasteiger partial charge in [0.05, 0.1) is 0 Å².